The standard InChI is InChI=1S/C14H19ClN2/c1-11-2-3-12(15)8-13(11)17-6-4-14(5-7-17)9-16-10-14/h2-3,8,16H,4-7,9-10H2,1H3. The first-order chi connectivity index (χ1) is 8.19. The molecule has 2 aliphatic rings. The average molecular weight is 251 g/mol. The van der Waals surface area contributed by atoms with Crippen molar-refractivity contribution in [2.24, 2.45) is 5.41 Å². The Morgan fingerprint density at radius 2 is 1.94 bits per heavy atom. The maximum atomic E-state index is 6.09. The van der Waals surface area contributed by atoms with Crippen LogP contribution in [0.15, 0.2) is 18.2 Å². The number of anilines is 1. The van der Waals surface area contributed by atoms with Crippen LogP contribution < -0.4 is 10.2 Å². The number of halogens is 1. The normalized spacial score (nSPS) is 22.6. The first-order valence-corrected chi connectivity index (χ1v) is 6.78. The molecule has 17 heavy (non-hydrogen) atoms. The van der Waals surface area contributed by atoms with Gasteiger partial charge in [-0.25, -0.2) is 0 Å². The van der Waals surface area contributed by atoms with Gasteiger partial charge in [0, 0.05) is 36.9 Å². The Morgan fingerprint density at radius 1 is 1.24 bits per heavy atom. The number of rotatable bonds is 1. The summed E-state index contributed by atoms with van der Waals surface area (Å²) < 4.78 is 0. The van der Waals surface area contributed by atoms with E-state index >= 15 is 0 Å². The van der Waals surface area contributed by atoms with E-state index in [-0.39, 0.29) is 0 Å². The fourth-order valence-electron chi connectivity index (χ4n) is 2.98. The fraction of sp³-hybridized carbons (Fsp3) is 0.571. The molecule has 0 unspecified atom stereocenters. The molecule has 3 rings (SSSR count). The predicted octanol–water partition coefficient (Wildman–Crippen LogP) is 2.84. The van der Waals surface area contributed by atoms with Crippen LogP contribution in [-0.4, -0.2) is 26.2 Å². The van der Waals surface area contributed by atoms with Gasteiger partial charge in [0.2, 0.25) is 0 Å². The van der Waals surface area contributed by atoms with Gasteiger partial charge in [-0.3, -0.25) is 0 Å². The third kappa shape index (κ3) is 2.04. The molecule has 1 spiro atoms. The molecule has 1 aromatic rings. The summed E-state index contributed by atoms with van der Waals surface area (Å²) >= 11 is 6.09. The van der Waals surface area contributed by atoms with Gasteiger partial charge in [-0.2, -0.15) is 0 Å². The fourth-order valence-corrected chi connectivity index (χ4v) is 3.14. The molecule has 2 aliphatic heterocycles. The second-order valence-corrected chi connectivity index (χ2v) is 5.96. The van der Waals surface area contributed by atoms with Gasteiger partial charge in [0.15, 0.2) is 0 Å². The van der Waals surface area contributed by atoms with Crippen LogP contribution >= 0.6 is 11.6 Å². The van der Waals surface area contributed by atoms with Crippen LogP contribution in [0.5, 0.6) is 0 Å². The largest absolute Gasteiger partial charge is 0.371 e. The van der Waals surface area contributed by atoms with Crippen LogP contribution in [0.25, 0.3) is 0 Å². The van der Waals surface area contributed by atoms with Gasteiger partial charge in [0.05, 0.1) is 0 Å². The van der Waals surface area contributed by atoms with Crippen LogP contribution in [0.4, 0.5) is 5.69 Å². The van der Waals surface area contributed by atoms with Crippen molar-refractivity contribution in [3.05, 3.63) is 28.8 Å². The molecule has 2 nitrogen and oxygen atoms in total. The number of hydrogen-bond donors (Lipinski definition) is 1. The quantitative estimate of drug-likeness (QED) is 0.825. The smallest absolute Gasteiger partial charge is 0.0426 e. The minimum Gasteiger partial charge on any atom is -0.371 e. The van der Waals surface area contributed by atoms with Gasteiger partial charge < -0.3 is 10.2 Å². The van der Waals surface area contributed by atoms with Crippen molar-refractivity contribution < 1.29 is 0 Å². The van der Waals surface area contributed by atoms with Crippen molar-refractivity contribution in [1.82, 2.24) is 5.32 Å². The van der Waals surface area contributed by atoms with Crippen LogP contribution in [0, 0.1) is 12.3 Å². The van der Waals surface area contributed by atoms with Crippen molar-refractivity contribution in [3.63, 3.8) is 0 Å². The monoisotopic (exact) mass is 250 g/mol. The van der Waals surface area contributed by atoms with Crippen LogP contribution in [0.2, 0.25) is 5.02 Å². The highest BCUT2D eigenvalue weighted by Gasteiger charge is 2.39. The molecule has 0 aliphatic carbocycles. The highest BCUT2D eigenvalue weighted by atomic mass is 35.5. The molecule has 0 radical (unpaired) electrons. The molecule has 0 bridgehead atoms. The average Bonchev–Trinajstić information content (AvgIpc) is 2.31. The van der Waals surface area contributed by atoms with Gasteiger partial charge in [-0.15, -0.1) is 0 Å². The topological polar surface area (TPSA) is 15.3 Å². The Bertz CT molecular complexity index is 416. The van der Waals surface area contributed by atoms with E-state index in [9.17, 15) is 0 Å². The molecule has 1 aromatic carbocycles. The molecule has 2 heterocycles. The SMILES string of the molecule is Cc1ccc(Cl)cc1N1CCC2(CC1)CNC2. The summed E-state index contributed by atoms with van der Waals surface area (Å²) in [6.07, 6.45) is 2.62. The molecule has 0 saturated carbocycles. The Balaban J connectivity index is 1.75. The highest BCUT2D eigenvalue weighted by Crippen LogP contribution is 2.37. The summed E-state index contributed by atoms with van der Waals surface area (Å²) in [5.41, 5.74) is 3.26. The third-order valence-corrected chi connectivity index (χ3v) is 4.57. The maximum Gasteiger partial charge on any atom is 0.0426 e. The lowest BCUT2D eigenvalue weighted by Crippen LogP contribution is -2.58. The summed E-state index contributed by atoms with van der Waals surface area (Å²) in [7, 11) is 0. The molecular formula is C14H19ClN2. The van der Waals surface area contributed by atoms with E-state index in [1.807, 2.05) is 6.07 Å². The van der Waals surface area contributed by atoms with E-state index < -0.39 is 0 Å². The minimum atomic E-state index is 0.614. The van der Waals surface area contributed by atoms with Crippen LogP contribution in [0.1, 0.15) is 18.4 Å². The van der Waals surface area contributed by atoms with E-state index in [1.165, 1.54) is 50.3 Å². The van der Waals surface area contributed by atoms with Crippen molar-refractivity contribution in [1.29, 1.82) is 0 Å². The van der Waals surface area contributed by atoms with E-state index in [0.717, 1.165) is 5.02 Å². The number of nitrogens with one attached hydrogen (secondary N) is 1. The van der Waals surface area contributed by atoms with E-state index in [1.54, 1.807) is 0 Å². The lowest BCUT2D eigenvalue weighted by molar-refractivity contribution is 0.126. The third-order valence-electron chi connectivity index (χ3n) is 4.34. The Kier molecular flexibility index (Phi) is 2.80. The van der Waals surface area contributed by atoms with E-state index in [2.05, 4.69) is 29.3 Å². The van der Waals surface area contributed by atoms with E-state index in [0.29, 0.717) is 5.41 Å². The number of nitrogens with zero attached hydrogens (tertiary/aromatic N) is 1. The zero-order chi connectivity index (χ0) is 11.9. The summed E-state index contributed by atoms with van der Waals surface area (Å²) in [6, 6.07) is 6.20. The van der Waals surface area contributed by atoms with Crippen LogP contribution in [-0.2, 0) is 0 Å². The second-order valence-electron chi connectivity index (χ2n) is 5.52. The van der Waals surface area contributed by atoms with Gasteiger partial charge in [0.1, 0.15) is 0 Å². The minimum absolute atomic E-state index is 0.614. The zero-order valence-electron chi connectivity index (χ0n) is 10.3. The van der Waals surface area contributed by atoms with E-state index in [4.69, 9.17) is 11.6 Å². The molecule has 92 valence electrons. The van der Waals surface area contributed by atoms with Gasteiger partial charge in [-0.05, 0) is 42.9 Å². The molecule has 2 saturated heterocycles. The summed E-state index contributed by atoms with van der Waals surface area (Å²) in [5.74, 6) is 0. The lowest BCUT2D eigenvalue weighted by Gasteiger charge is -2.49. The lowest BCUT2D eigenvalue weighted by atomic mass is 9.73. The Morgan fingerprint density at radius 3 is 2.53 bits per heavy atom. The summed E-state index contributed by atoms with van der Waals surface area (Å²) in [5, 5.41) is 4.25. The van der Waals surface area contributed by atoms with Gasteiger partial charge in [0.25, 0.3) is 0 Å². The molecular weight excluding hydrogens is 232 g/mol. The van der Waals surface area contributed by atoms with Gasteiger partial charge in [-0.1, -0.05) is 17.7 Å². The highest BCUT2D eigenvalue weighted by molar-refractivity contribution is 6.30. The van der Waals surface area contributed by atoms with Crippen molar-refractivity contribution in [2.45, 2.75) is 19.8 Å². The van der Waals surface area contributed by atoms with Gasteiger partial charge >= 0.3 is 0 Å². The second kappa shape index (κ2) is 4.18. The van der Waals surface area contributed by atoms with Crippen molar-refractivity contribution in [2.75, 3.05) is 31.1 Å². The zero-order valence-corrected chi connectivity index (χ0v) is 11.1. The summed E-state index contributed by atoms with van der Waals surface area (Å²) in [4.78, 5) is 2.49. The Hall–Kier alpha value is -0.730. The number of aryl methyl sites for hydroxylation is 1. The first-order valence-electron chi connectivity index (χ1n) is 6.40. The molecule has 3 heteroatoms. The van der Waals surface area contributed by atoms with Crippen molar-refractivity contribution >= 4 is 17.3 Å². The molecule has 0 amide bonds. The maximum absolute atomic E-state index is 6.09. The molecule has 1 N–H and O–H groups in total. The number of hydrogen-bond acceptors (Lipinski definition) is 2. The first kappa shape index (κ1) is 11.4. The molecule has 0 aromatic heterocycles. The predicted molar refractivity (Wildman–Crippen MR) is 72.9 cm³/mol. The number of benzene rings is 1. The molecule has 2 fully saturated rings. The number of piperidine rings is 1. The summed E-state index contributed by atoms with van der Waals surface area (Å²) in [6.45, 7) is 6.94. The van der Waals surface area contributed by atoms with Crippen LogP contribution in [0.3, 0.4) is 0 Å². The van der Waals surface area contributed by atoms with Crippen molar-refractivity contribution in [3.8, 4) is 0 Å². The Labute approximate surface area is 108 Å². The molecule has 0 atom stereocenters.